The first-order valence-electron chi connectivity index (χ1n) is 8.35. The highest BCUT2D eigenvalue weighted by Crippen LogP contribution is 2.18. The van der Waals surface area contributed by atoms with E-state index in [9.17, 15) is 14.0 Å². The van der Waals surface area contributed by atoms with Crippen LogP contribution >= 0.6 is 0 Å². The summed E-state index contributed by atoms with van der Waals surface area (Å²) in [6.07, 6.45) is 0.366. The minimum absolute atomic E-state index is 0.217. The van der Waals surface area contributed by atoms with Crippen molar-refractivity contribution < 1.29 is 13.9 Å². The Labute approximate surface area is 141 Å². The molecule has 1 saturated heterocycles. The van der Waals surface area contributed by atoms with Crippen LogP contribution in [-0.4, -0.2) is 53.6 Å². The second kappa shape index (κ2) is 7.88. The van der Waals surface area contributed by atoms with Gasteiger partial charge in [0, 0.05) is 31.6 Å². The molecule has 6 nitrogen and oxygen atoms in total. The maximum atomic E-state index is 12.9. The van der Waals surface area contributed by atoms with E-state index < -0.39 is 18.2 Å². The Bertz CT molecular complexity index is 638. The zero-order chi connectivity index (χ0) is 17.9. The number of aryl methyl sites for hydroxylation is 1. The van der Waals surface area contributed by atoms with Gasteiger partial charge in [-0.05, 0) is 25.3 Å². The van der Waals surface area contributed by atoms with Gasteiger partial charge in [-0.25, -0.2) is 13.9 Å². The molecule has 1 unspecified atom stereocenters. The van der Waals surface area contributed by atoms with Gasteiger partial charge >= 0.3 is 5.97 Å². The first-order valence-corrected chi connectivity index (χ1v) is 8.35. The standard InChI is InChI=1S/C17H26FN3O3/c1-11(2)7-15(17(23)24-4)21-16(22)12(3)8-14(19-21)5-6-20-9-13(18)10-20/h8,11,13,15H,5-7,9-10H2,1-4H3. The van der Waals surface area contributed by atoms with Crippen LogP contribution in [0.5, 0.6) is 0 Å². The number of aromatic nitrogens is 2. The summed E-state index contributed by atoms with van der Waals surface area (Å²) in [6, 6.07) is 1.02. The number of methoxy groups -OCH3 is 1. The van der Waals surface area contributed by atoms with E-state index in [0.717, 1.165) is 5.69 Å². The number of alkyl halides is 1. The Balaban J connectivity index is 2.23. The molecule has 2 heterocycles. The van der Waals surface area contributed by atoms with Crippen LogP contribution in [0.15, 0.2) is 10.9 Å². The number of hydrogen-bond acceptors (Lipinski definition) is 5. The third-order valence-corrected chi connectivity index (χ3v) is 4.22. The molecule has 0 saturated carbocycles. The van der Waals surface area contributed by atoms with E-state index >= 15 is 0 Å². The zero-order valence-electron chi connectivity index (χ0n) is 14.8. The van der Waals surface area contributed by atoms with Crippen LogP contribution in [0, 0.1) is 12.8 Å². The molecule has 134 valence electrons. The molecular weight excluding hydrogens is 313 g/mol. The van der Waals surface area contributed by atoms with Crippen molar-refractivity contribution in [2.75, 3.05) is 26.7 Å². The second-order valence-electron chi connectivity index (χ2n) is 6.84. The fourth-order valence-corrected chi connectivity index (χ4v) is 2.88. The SMILES string of the molecule is COC(=O)C(CC(C)C)n1nc(CCN2CC(F)C2)cc(C)c1=O. The molecule has 0 radical (unpaired) electrons. The molecule has 1 aromatic heterocycles. The van der Waals surface area contributed by atoms with Crippen molar-refractivity contribution in [3.05, 3.63) is 27.7 Å². The highest BCUT2D eigenvalue weighted by molar-refractivity contribution is 5.73. The number of esters is 1. The molecule has 0 spiro atoms. The van der Waals surface area contributed by atoms with Gasteiger partial charge in [-0.3, -0.25) is 9.69 Å². The number of hydrogen-bond donors (Lipinski definition) is 0. The number of rotatable bonds is 7. The largest absolute Gasteiger partial charge is 0.467 e. The minimum Gasteiger partial charge on any atom is -0.467 e. The number of likely N-dealkylation sites (tertiary alicyclic amines) is 1. The Morgan fingerprint density at radius 2 is 2.12 bits per heavy atom. The first kappa shape index (κ1) is 18.6. The summed E-state index contributed by atoms with van der Waals surface area (Å²) in [5.74, 6) is -0.243. The monoisotopic (exact) mass is 339 g/mol. The zero-order valence-corrected chi connectivity index (χ0v) is 14.8. The maximum Gasteiger partial charge on any atom is 0.330 e. The molecule has 1 aromatic rings. The predicted octanol–water partition coefficient (Wildman–Crippen LogP) is 1.51. The quantitative estimate of drug-likeness (QED) is 0.705. The molecule has 1 aliphatic heterocycles. The van der Waals surface area contributed by atoms with Crippen molar-refractivity contribution in [3.8, 4) is 0 Å². The van der Waals surface area contributed by atoms with Crippen LogP contribution in [0.1, 0.15) is 37.6 Å². The van der Waals surface area contributed by atoms with Crippen LogP contribution in [0.3, 0.4) is 0 Å². The summed E-state index contributed by atoms with van der Waals surface area (Å²) in [6.45, 7) is 7.28. The highest BCUT2D eigenvalue weighted by Gasteiger charge is 2.27. The van der Waals surface area contributed by atoms with Crippen molar-refractivity contribution in [2.45, 2.75) is 45.8 Å². The Morgan fingerprint density at radius 1 is 1.46 bits per heavy atom. The van der Waals surface area contributed by atoms with Crippen molar-refractivity contribution in [3.63, 3.8) is 0 Å². The number of ether oxygens (including phenoxy) is 1. The fourth-order valence-electron chi connectivity index (χ4n) is 2.88. The van der Waals surface area contributed by atoms with Gasteiger partial charge in [0.25, 0.3) is 5.56 Å². The minimum atomic E-state index is -0.733. The van der Waals surface area contributed by atoms with E-state index in [1.54, 1.807) is 13.0 Å². The molecule has 2 rings (SSSR count). The van der Waals surface area contributed by atoms with Gasteiger partial charge in [0.15, 0.2) is 6.04 Å². The summed E-state index contributed by atoms with van der Waals surface area (Å²) in [5.41, 5.74) is 0.999. The molecule has 24 heavy (non-hydrogen) atoms. The molecule has 7 heteroatoms. The van der Waals surface area contributed by atoms with Gasteiger partial charge < -0.3 is 4.74 Å². The van der Waals surface area contributed by atoms with Crippen LogP contribution < -0.4 is 5.56 Å². The van der Waals surface area contributed by atoms with Gasteiger partial charge in [0.2, 0.25) is 0 Å². The molecule has 1 fully saturated rings. The van der Waals surface area contributed by atoms with Crippen molar-refractivity contribution in [1.29, 1.82) is 0 Å². The number of carbonyl (C=O) groups excluding carboxylic acids is 1. The second-order valence-corrected chi connectivity index (χ2v) is 6.84. The van der Waals surface area contributed by atoms with Crippen LogP contribution in [0.25, 0.3) is 0 Å². The van der Waals surface area contributed by atoms with Crippen LogP contribution in [0.2, 0.25) is 0 Å². The molecular formula is C17H26FN3O3. The molecule has 0 bridgehead atoms. The van der Waals surface area contributed by atoms with Crippen LogP contribution in [0.4, 0.5) is 4.39 Å². The van der Waals surface area contributed by atoms with E-state index in [1.165, 1.54) is 11.8 Å². The normalized spacial score (nSPS) is 16.9. The summed E-state index contributed by atoms with van der Waals surface area (Å²) in [4.78, 5) is 26.6. The first-order chi connectivity index (χ1) is 11.3. The summed E-state index contributed by atoms with van der Waals surface area (Å²) < 4.78 is 19.0. The molecule has 0 N–H and O–H groups in total. The fraction of sp³-hybridized carbons (Fsp3) is 0.706. The molecule has 1 atom stereocenters. The molecule has 0 aromatic carbocycles. The van der Waals surface area contributed by atoms with Gasteiger partial charge in [0.1, 0.15) is 6.17 Å². The lowest BCUT2D eigenvalue weighted by Crippen LogP contribution is -2.49. The van der Waals surface area contributed by atoms with Crippen molar-refractivity contribution in [1.82, 2.24) is 14.7 Å². The molecule has 0 aliphatic carbocycles. The Morgan fingerprint density at radius 3 is 2.67 bits per heavy atom. The lowest BCUT2D eigenvalue weighted by atomic mass is 10.0. The van der Waals surface area contributed by atoms with E-state index in [2.05, 4.69) is 5.10 Å². The van der Waals surface area contributed by atoms with Gasteiger partial charge in [-0.1, -0.05) is 13.8 Å². The lowest BCUT2D eigenvalue weighted by molar-refractivity contribution is -0.145. The number of nitrogens with zero attached hydrogens (tertiary/aromatic N) is 3. The maximum absolute atomic E-state index is 12.9. The van der Waals surface area contributed by atoms with E-state index in [-0.39, 0.29) is 11.5 Å². The van der Waals surface area contributed by atoms with E-state index in [0.29, 0.717) is 38.0 Å². The van der Waals surface area contributed by atoms with Crippen molar-refractivity contribution >= 4 is 5.97 Å². The number of carbonyl (C=O) groups is 1. The van der Waals surface area contributed by atoms with Gasteiger partial charge in [-0.2, -0.15) is 5.10 Å². The topological polar surface area (TPSA) is 64.4 Å². The lowest BCUT2D eigenvalue weighted by Gasteiger charge is -2.34. The van der Waals surface area contributed by atoms with E-state index in [4.69, 9.17) is 4.74 Å². The van der Waals surface area contributed by atoms with Gasteiger partial charge in [-0.15, -0.1) is 0 Å². The predicted molar refractivity (Wildman–Crippen MR) is 88.8 cm³/mol. The number of halogens is 1. The third-order valence-electron chi connectivity index (χ3n) is 4.22. The summed E-state index contributed by atoms with van der Waals surface area (Å²) in [7, 11) is 1.31. The summed E-state index contributed by atoms with van der Waals surface area (Å²) in [5, 5.41) is 4.39. The Hall–Kier alpha value is -1.76. The van der Waals surface area contributed by atoms with E-state index in [1.807, 2.05) is 18.7 Å². The highest BCUT2D eigenvalue weighted by atomic mass is 19.1. The molecule has 0 amide bonds. The summed E-state index contributed by atoms with van der Waals surface area (Å²) >= 11 is 0. The third kappa shape index (κ3) is 4.41. The smallest absolute Gasteiger partial charge is 0.330 e. The average molecular weight is 339 g/mol. The van der Waals surface area contributed by atoms with Crippen molar-refractivity contribution in [2.24, 2.45) is 5.92 Å². The molecule has 1 aliphatic rings. The van der Waals surface area contributed by atoms with Crippen LogP contribution in [-0.2, 0) is 16.0 Å². The van der Waals surface area contributed by atoms with Gasteiger partial charge in [0.05, 0.1) is 12.8 Å². The average Bonchev–Trinajstić information content (AvgIpc) is 2.50. The Kier molecular flexibility index (Phi) is 6.10.